The fourth-order valence-electron chi connectivity index (χ4n) is 14.4. The number of rotatable bonds is 42. The van der Waals surface area contributed by atoms with Gasteiger partial charge in [0.1, 0.15) is 34.7 Å². The van der Waals surface area contributed by atoms with Crippen LogP contribution in [0, 0.1) is 39.6 Å². The Bertz CT molecular complexity index is 6740. The van der Waals surface area contributed by atoms with Gasteiger partial charge in [0.25, 0.3) is 23.6 Å². The van der Waals surface area contributed by atoms with E-state index in [2.05, 4.69) is 32.2 Å². The van der Waals surface area contributed by atoms with Gasteiger partial charge in [0.15, 0.2) is 42.4 Å². The molecule has 142 heavy (non-hydrogen) atoms. The predicted octanol–water partition coefficient (Wildman–Crippen LogP) is 20.7. The van der Waals surface area contributed by atoms with Crippen molar-refractivity contribution in [3.8, 4) is 73.6 Å². The summed E-state index contributed by atoms with van der Waals surface area (Å²) in [5.74, 6) is 0.852. The minimum absolute atomic E-state index is 0.0576. The minimum atomic E-state index is -0.224. The number of methoxy groups -OCH3 is 2. The second kappa shape index (κ2) is 52.6. The van der Waals surface area contributed by atoms with Crippen molar-refractivity contribution in [2.24, 2.45) is 22.3 Å². The monoisotopic (exact) mass is 1900 g/mol. The molecule has 2 fully saturated rings. The Morgan fingerprint density at radius 2 is 0.697 bits per heavy atom. The minimum Gasteiger partial charge on any atom is -0.507 e. The molecule has 0 aromatic heterocycles. The molecule has 26 heteroatoms. The molecule has 14 rings (SSSR count). The van der Waals surface area contributed by atoms with E-state index in [1.807, 2.05) is 167 Å². The van der Waals surface area contributed by atoms with Crippen LogP contribution in [0.25, 0.3) is 73.7 Å². The van der Waals surface area contributed by atoms with Gasteiger partial charge in [0.2, 0.25) is 0 Å². The highest BCUT2D eigenvalue weighted by atomic mass is 16.7. The van der Waals surface area contributed by atoms with Crippen LogP contribution in [0.1, 0.15) is 188 Å². The van der Waals surface area contributed by atoms with Crippen LogP contribution in [0.3, 0.4) is 0 Å². The van der Waals surface area contributed by atoms with Crippen LogP contribution in [-0.2, 0) is 18.9 Å². The molecule has 12 aromatic rings. The van der Waals surface area contributed by atoms with Gasteiger partial charge in [-0.3, -0.25) is 49.2 Å². The number of nitrogens with zero attached hydrogens (tertiary/aromatic N) is 2. The first-order chi connectivity index (χ1) is 68.6. The molecule has 0 heterocycles. The van der Waals surface area contributed by atoms with Gasteiger partial charge in [0.05, 0.1) is 44.6 Å². The molecule has 2 aliphatic rings. The molecule has 0 radical (unpaired) electrons. The maximum Gasteiger partial charge on any atom is 0.251 e. The van der Waals surface area contributed by atoms with Gasteiger partial charge in [-0.2, -0.15) is 5.26 Å². The van der Waals surface area contributed by atoms with E-state index in [4.69, 9.17) is 57.3 Å². The zero-order chi connectivity index (χ0) is 102. The maximum absolute atomic E-state index is 12.7. The number of Topliss-reactive ketones (excluding diaryl/α,β-unsaturated/α-hetero) is 4. The molecule has 0 atom stereocenters. The van der Waals surface area contributed by atoms with Crippen molar-refractivity contribution in [3.05, 3.63) is 386 Å². The van der Waals surface area contributed by atoms with E-state index in [0.717, 1.165) is 81.3 Å². The number of phenols is 2. The third-order valence-corrected chi connectivity index (χ3v) is 23.4. The van der Waals surface area contributed by atoms with Crippen LogP contribution < -0.4 is 42.2 Å². The number of hydrogen-bond donors (Lipinski definition) is 10. The Morgan fingerprint density at radius 3 is 1.01 bits per heavy atom. The summed E-state index contributed by atoms with van der Waals surface area (Å²) in [7, 11) is 3.20. The summed E-state index contributed by atoms with van der Waals surface area (Å²) < 4.78 is 31.9. The van der Waals surface area contributed by atoms with Crippen LogP contribution in [-0.4, -0.2) is 149 Å². The lowest BCUT2D eigenvalue weighted by atomic mass is 9.94. The molecule has 0 spiro atoms. The number of nitriles is 1. The largest absolute Gasteiger partial charge is 0.507 e. The zero-order valence-corrected chi connectivity index (χ0v) is 80.0. The molecule has 0 bridgehead atoms. The summed E-state index contributed by atoms with van der Waals surface area (Å²) >= 11 is 0. The van der Waals surface area contributed by atoms with E-state index < -0.39 is 0 Å². The average molecular weight is 1900 g/mol. The summed E-state index contributed by atoms with van der Waals surface area (Å²) in [4.78, 5) is 103. The van der Waals surface area contributed by atoms with Crippen molar-refractivity contribution < 1.29 is 77.0 Å². The molecule has 12 aromatic carbocycles. The van der Waals surface area contributed by atoms with Gasteiger partial charge in [-0.25, -0.2) is 4.85 Å². The smallest absolute Gasteiger partial charge is 0.251 e. The Balaban J connectivity index is 0.000000181. The average Bonchev–Trinajstić information content (AvgIpc) is 1.64. The van der Waals surface area contributed by atoms with Crippen LogP contribution in [0.4, 0.5) is 5.69 Å². The summed E-state index contributed by atoms with van der Waals surface area (Å²) in [5.41, 5.74) is 27.4. The fraction of sp³-hybridized carbons (Fsp3) is 0.207. The molecule has 4 amide bonds. The van der Waals surface area contributed by atoms with Crippen LogP contribution >= 0.6 is 0 Å². The second-order valence-corrected chi connectivity index (χ2v) is 33.8. The number of nitrogens with one attached hydrogen (secondary N) is 6. The third-order valence-electron chi connectivity index (χ3n) is 23.4. The number of ether oxygens (including phenoxy) is 6. The number of amides is 4. The highest BCUT2D eigenvalue weighted by Gasteiger charge is 2.46. The van der Waals surface area contributed by atoms with Crippen molar-refractivity contribution in [1.29, 1.82) is 16.1 Å². The van der Waals surface area contributed by atoms with Crippen LogP contribution in [0.5, 0.6) is 23.0 Å². The zero-order valence-electron chi connectivity index (χ0n) is 80.0. The first-order valence-electron chi connectivity index (χ1n) is 46.2. The van der Waals surface area contributed by atoms with E-state index in [1.54, 1.807) is 178 Å². The number of carbonyl (C=O) groups excluding carboxylic acids is 8. The van der Waals surface area contributed by atoms with Gasteiger partial charge < -0.3 is 71.4 Å². The number of aromatic hydroxyl groups is 2. The Morgan fingerprint density at radius 1 is 0.387 bits per heavy atom. The summed E-state index contributed by atoms with van der Waals surface area (Å²) in [6, 6.07) is 81.0. The van der Waals surface area contributed by atoms with Crippen LogP contribution in [0.2, 0.25) is 0 Å². The van der Waals surface area contributed by atoms with Crippen molar-refractivity contribution in [2.45, 2.75) is 66.2 Å². The molecule has 724 valence electrons. The van der Waals surface area contributed by atoms with Crippen LogP contribution in [0.15, 0.2) is 291 Å². The van der Waals surface area contributed by atoms with E-state index in [-0.39, 0.29) is 107 Å². The lowest BCUT2D eigenvalue weighted by Gasteiger charge is -2.10. The fourth-order valence-corrected chi connectivity index (χ4v) is 14.4. The number of amidine groups is 2. The number of ketones is 4. The number of nitrogens with two attached hydrogens (primary N) is 2. The Kier molecular flexibility index (Phi) is 39.1. The predicted molar refractivity (Wildman–Crippen MR) is 554 cm³/mol. The SMILES string of the molecule is CC1(C(=O)c2cccc(-c3ccc(C(=O)NC/C=C/c4cc(C(=N)N)ccc4O)cc3)c2)CC1.CCC(=O)c1cccc(-c2ccc(C(=O)NC/C=C/c3cc(C#N)ccc3OCOCCOC)cc2)c1.CCC(=O)c1cccc(-c2ccc(C(=O)NC/C=C/c3cc(C(=N)N)ccc3O)cc2)c1.[C-]#[N+]c1ccc(OCOCCOC)c(/C=C/CNC(=O)c2ccc(-c3cccc(C(=O)C4(C)CC4)c3)cc2)c1. The van der Waals surface area contributed by atoms with Crippen molar-refractivity contribution in [3.63, 3.8) is 0 Å². The molecule has 26 nitrogen and oxygen atoms in total. The number of benzene rings is 12. The lowest BCUT2D eigenvalue weighted by Crippen LogP contribution is -2.23. The van der Waals surface area contributed by atoms with Crippen molar-refractivity contribution in [1.82, 2.24) is 21.3 Å². The number of carbonyl (C=O) groups is 8. The van der Waals surface area contributed by atoms with E-state index in [0.29, 0.717) is 142 Å². The second-order valence-electron chi connectivity index (χ2n) is 33.8. The highest BCUT2D eigenvalue weighted by molar-refractivity contribution is 6.05. The van der Waals surface area contributed by atoms with Gasteiger partial charge in [-0.15, -0.1) is 0 Å². The third kappa shape index (κ3) is 31.1. The van der Waals surface area contributed by atoms with Crippen molar-refractivity contribution in [2.75, 3.05) is 80.4 Å². The molecule has 12 N–H and O–H groups in total. The standard InChI is InChI=1S/C32H32N2O5.C30H30N2O5.C28H27N3O3.C26H25N3O3/c1-32(15-16-32)30(35)27-7-4-6-25(20-27)23-9-11-24(12-10-23)31(36)34-17-5-8-26-21-28(33-2)13-14-29(26)39-22-38-19-18-37-3;1-3-28(33)26-7-4-6-25(19-26)23-10-12-24(13-11-23)30(34)32-15-5-8-27-18-22(20-31)9-14-29(27)37-21-36-17-16-35-2;1-28(13-14-28)25(33)22-5-2-4-20(16-22)18-7-9-19(10-8-18)27(34)31-15-3-6-21-17-23(26(29)30)11-12-24(21)32;1-2-23(30)20-6-3-5-19(15-20)17-8-10-18(11-9-17)26(32)29-14-4-7-21-16-22(25(27)28)12-13-24(21)31/h4-14,20-21H,15-19,22H2,1,3H3,(H,34,36);4-14,18-19H,3,15-17,21H2,1-2H3,(H,32,34);2-12,16-17,32H,13-15H2,1H3,(H3,29,30)(H,31,34);3-13,15-16,31H,2,14H2,1H3,(H3,27,28)(H,29,32)/b2*8-5+;6-3+;7-4+. The molecule has 0 unspecified atom stereocenters. The highest BCUT2D eigenvalue weighted by Crippen LogP contribution is 2.49. The van der Waals surface area contributed by atoms with Gasteiger partial charge in [-0.1, -0.05) is 204 Å². The molecule has 0 saturated heterocycles. The quantitative estimate of drug-likeness (QED) is 0.00424. The van der Waals surface area contributed by atoms with Crippen molar-refractivity contribution >= 4 is 88.4 Å². The normalized spacial score (nSPS) is 12.3. The number of phenolic OH excluding ortho intramolecular Hbond substituents is 2. The number of nitrogen functional groups attached to an aromatic ring is 2. The maximum atomic E-state index is 12.7. The van der Waals surface area contributed by atoms with E-state index in [9.17, 15) is 53.8 Å². The topological polar surface area (TPSA) is 408 Å². The summed E-state index contributed by atoms with van der Waals surface area (Å²) in [6.45, 7) is 18.0. The Labute approximate surface area is 826 Å². The van der Waals surface area contributed by atoms with Gasteiger partial charge >= 0.3 is 0 Å². The molecular weight excluding hydrogens is 1790 g/mol. The summed E-state index contributed by atoms with van der Waals surface area (Å²) in [6.07, 6.45) is 18.6. The van der Waals surface area contributed by atoms with Gasteiger partial charge in [0, 0.05) is 142 Å². The number of hydrogen-bond acceptors (Lipinski definition) is 19. The van der Waals surface area contributed by atoms with E-state index >= 15 is 0 Å². The molecule has 0 aliphatic heterocycles. The lowest BCUT2D eigenvalue weighted by molar-refractivity contribution is -0.00865. The van der Waals surface area contributed by atoms with Gasteiger partial charge in [-0.05, 0) is 210 Å². The first kappa shape index (κ1) is 106. The Hall–Kier alpha value is -16.9. The molecule has 2 aliphatic carbocycles. The molecular formula is C116H114N10O16. The summed E-state index contributed by atoms with van der Waals surface area (Å²) in [5, 5.41) is 55.4. The molecule has 2 saturated carbocycles. The van der Waals surface area contributed by atoms with E-state index in [1.165, 1.54) is 12.1 Å². The first-order valence-corrected chi connectivity index (χ1v) is 46.2.